The van der Waals surface area contributed by atoms with Crippen molar-refractivity contribution in [2.24, 2.45) is 5.73 Å². The second-order valence-corrected chi connectivity index (χ2v) is 5.21. The zero-order valence-corrected chi connectivity index (χ0v) is 12.8. The fourth-order valence-electron chi connectivity index (χ4n) is 1.91. The summed E-state index contributed by atoms with van der Waals surface area (Å²) in [6, 6.07) is 10.1. The van der Waals surface area contributed by atoms with Crippen LogP contribution in [0.5, 0.6) is 5.75 Å². The highest BCUT2D eigenvalue weighted by Gasteiger charge is 2.12. The lowest BCUT2D eigenvalue weighted by molar-refractivity contribution is 0.0998. The van der Waals surface area contributed by atoms with Crippen molar-refractivity contribution in [3.63, 3.8) is 0 Å². The number of anilines is 1. The number of primary amides is 1. The summed E-state index contributed by atoms with van der Waals surface area (Å²) >= 11 is 0. The van der Waals surface area contributed by atoms with Crippen LogP contribution in [-0.2, 0) is 0 Å². The van der Waals surface area contributed by atoms with E-state index in [1.807, 2.05) is 0 Å². The van der Waals surface area contributed by atoms with Crippen LogP contribution >= 0.6 is 0 Å². The standard InChI is InChI=1S/C17H17FN2O3/c1-10(2)23-15-8-5-12(9-14(15)18)17(22)20-13-6-3-11(4-7-13)16(19)21/h3-10H,1-2H3,(H2,19,21)(H,20,22). The van der Waals surface area contributed by atoms with Crippen LogP contribution in [0.4, 0.5) is 10.1 Å². The van der Waals surface area contributed by atoms with E-state index in [1.54, 1.807) is 26.0 Å². The third kappa shape index (κ3) is 4.29. The Morgan fingerprint density at radius 2 is 1.70 bits per heavy atom. The Kier molecular flexibility index (Phi) is 4.95. The van der Waals surface area contributed by atoms with Crippen molar-refractivity contribution in [1.82, 2.24) is 0 Å². The van der Waals surface area contributed by atoms with Crippen molar-refractivity contribution >= 4 is 17.5 Å². The molecule has 0 saturated carbocycles. The summed E-state index contributed by atoms with van der Waals surface area (Å²) in [5, 5.41) is 2.61. The molecule has 2 aromatic rings. The van der Waals surface area contributed by atoms with Crippen molar-refractivity contribution in [2.45, 2.75) is 20.0 Å². The molecule has 0 bridgehead atoms. The summed E-state index contributed by atoms with van der Waals surface area (Å²) in [7, 11) is 0. The van der Waals surface area contributed by atoms with Gasteiger partial charge in [-0.2, -0.15) is 0 Å². The molecule has 2 amide bonds. The Hall–Kier alpha value is -2.89. The van der Waals surface area contributed by atoms with Crippen LogP contribution in [0.3, 0.4) is 0 Å². The first kappa shape index (κ1) is 16.5. The van der Waals surface area contributed by atoms with Crippen LogP contribution < -0.4 is 15.8 Å². The van der Waals surface area contributed by atoms with E-state index in [-0.39, 0.29) is 17.4 Å². The maximum Gasteiger partial charge on any atom is 0.255 e. The van der Waals surface area contributed by atoms with Gasteiger partial charge in [0.2, 0.25) is 5.91 Å². The monoisotopic (exact) mass is 316 g/mol. The summed E-state index contributed by atoms with van der Waals surface area (Å²) in [4.78, 5) is 23.1. The second kappa shape index (κ2) is 6.91. The van der Waals surface area contributed by atoms with Gasteiger partial charge >= 0.3 is 0 Å². The molecule has 6 heteroatoms. The molecule has 0 radical (unpaired) electrons. The summed E-state index contributed by atoms with van der Waals surface area (Å²) in [6.07, 6.45) is -0.159. The predicted molar refractivity (Wildman–Crippen MR) is 85.1 cm³/mol. The zero-order valence-electron chi connectivity index (χ0n) is 12.8. The first-order valence-electron chi connectivity index (χ1n) is 7.04. The van der Waals surface area contributed by atoms with E-state index in [9.17, 15) is 14.0 Å². The fraction of sp³-hybridized carbons (Fsp3) is 0.176. The lowest BCUT2D eigenvalue weighted by atomic mass is 10.1. The third-order valence-electron chi connectivity index (χ3n) is 2.98. The van der Waals surface area contributed by atoms with Gasteiger partial charge in [0.25, 0.3) is 5.91 Å². The van der Waals surface area contributed by atoms with Gasteiger partial charge in [-0.25, -0.2) is 4.39 Å². The van der Waals surface area contributed by atoms with Gasteiger partial charge in [0.05, 0.1) is 6.10 Å². The van der Waals surface area contributed by atoms with Gasteiger partial charge in [-0.05, 0) is 56.3 Å². The van der Waals surface area contributed by atoms with Crippen LogP contribution in [0, 0.1) is 5.82 Å². The quantitative estimate of drug-likeness (QED) is 0.890. The van der Waals surface area contributed by atoms with Crippen molar-refractivity contribution in [3.8, 4) is 5.75 Å². The fourth-order valence-corrected chi connectivity index (χ4v) is 1.91. The Bertz CT molecular complexity index is 727. The number of hydrogen-bond donors (Lipinski definition) is 2. The molecule has 0 atom stereocenters. The maximum atomic E-state index is 13.9. The highest BCUT2D eigenvalue weighted by molar-refractivity contribution is 6.04. The largest absolute Gasteiger partial charge is 0.488 e. The summed E-state index contributed by atoms with van der Waals surface area (Å²) < 4.78 is 19.2. The van der Waals surface area contributed by atoms with E-state index in [2.05, 4.69) is 5.32 Å². The Morgan fingerprint density at radius 3 is 2.22 bits per heavy atom. The molecule has 0 fully saturated rings. The topological polar surface area (TPSA) is 81.4 Å². The molecule has 0 aliphatic rings. The average Bonchev–Trinajstić information content (AvgIpc) is 2.49. The Balaban J connectivity index is 2.11. The normalized spacial score (nSPS) is 10.4. The Morgan fingerprint density at radius 1 is 1.09 bits per heavy atom. The highest BCUT2D eigenvalue weighted by atomic mass is 19.1. The average molecular weight is 316 g/mol. The number of hydrogen-bond acceptors (Lipinski definition) is 3. The zero-order chi connectivity index (χ0) is 17.0. The summed E-state index contributed by atoms with van der Waals surface area (Å²) in [6.45, 7) is 3.58. The number of benzene rings is 2. The number of nitrogens with two attached hydrogens (primary N) is 1. The van der Waals surface area contributed by atoms with Crippen molar-refractivity contribution < 1.29 is 18.7 Å². The van der Waals surface area contributed by atoms with E-state index < -0.39 is 17.6 Å². The van der Waals surface area contributed by atoms with Gasteiger partial charge in [-0.1, -0.05) is 0 Å². The SMILES string of the molecule is CC(C)Oc1ccc(C(=O)Nc2ccc(C(N)=O)cc2)cc1F. The molecule has 0 spiro atoms. The van der Waals surface area contributed by atoms with Crippen LogP contribution in [0.25, 0.3) is 0 Å². The van der Waals surface area contributed by atoms with Crippen molar-refractivity contribution in [1.29, 1.82) is 0 Å². The molecule has 0 unspecified atom stereocenters. The molecule has 2 rings (SSSR count). The number of rotatable bonds is 5. The van der Waals surface area contributed by atoms with Gasteiger partial charge in [-0.15, -0.1) is 0 Å². The predicted octanol–water partition coefficient (Wildman–Crippen LogP) is 2.96. The Labute approximate surface area is 133 Å². The van der Waals surface area contributed by atoms with E-state index >= 15 is 0 Å². The van der Waals surface area contributed by atoms with Gasteiger partial charge in [0, 0.05) is 16.8 Å². The summed E-state index contributed by atoms with van der Waals surface area (Å²) in [5.74, 6) is -1.52. The minimum Gasteiger partial charge on any atom is -0.488 e. The van der Waals surface area contributed by atoms with Gasteiger partial charge in [0.1, 0.15) is 0 Å². The minimum atomic E-state index is -0.601. The van der Waals surface area contributed by atoms with E-state index in [4.69, 9.17) is 10.5 Å². The molecule has 0 aliphatic carbocycles. The van der Waals surface area contributed by atoms with Crippen LogP contribution in [0.1, 0.15) is 34.6 Å². The lowest BCUT2D eigenvalue weighted by Gasteiger charge is -2.11. The molecule has 0 aliphatic heterocycles. The minimum absolute atomic E-state index is 0.0994. The number of nitrogens with one attached hydrogen (secondary N) is 1. The second-order valence-electron chi connectivity index (χ2n) is 5.21. The number of carbonyl (C=O) groups excluding carboxylic acids is 2. The lowest BCUT2D eigenvalue weighted by Crippen LogP contribution is -2.14. The van der Waals surface area contributed by atoms with E-state index in [0.717, 1.165) is 6.07 Å². The first-order chi connectivity index (χ1) is 10.9. The van der Waals surface area contributed by atoms with Crippen LogP contribution in [0.2, 0.25) is 0 Å². The molecule has 3 N–H and O–H groups in total. The van der Waals surface area contributed by atoms with Gasteiger partial charge in [0.15, 0.2) is 11.6 Å². The number of ether oxygens (including phenoxy) is 1. The van der Waals surface area contributed by atoms with Crippen molar-refractivity contribution in [2.75, 3.05) is 5.32 Å². The summed E-state index contributed by atoms with van der Waals surface area (Å²) in [5.41, 5.74) is 6.12. The highest BCUT2D eigenvalue weighted by Crippen LogP contribution is 2.20. The molecular weight excluding hydrogens is 299 g/mol. The van der Waals surface area contributed by atoms with Gasteiger partial charge in [-0.3, -0.25) is 9.59 Å². The smallest absolute Gasteiger partial charge is 0.255 e. The van der Waals surface area contributed by atoms with Crippen molar-refractivity contribution in [3.05, 3.63) is 59.4 Å². The van der Waals surface area contributed by atoms with E-state index in [1.165, 1.54) is 24.3 Å². The molecule has 0 heterocycles. The molecular formula is C17H17FN2O3. The first-order valence-corrected chi connectivity index (χ1v) is 7.04. The van der Waals surface area contributed by atoms with Crippen LogP contribution in [0.15, 0.2) is 42.5 Å². The third-order valence-corrected chi connectivity index (χ3v) is 2.98. The van der Waals surface area contributed by atoms with Crippen LogP contribution in [-0.4, -0.2) is 17.9 Å². The van der Waals surface area contributed by atoms with Gasteiger partial charge < -0.3 is 15.8 Å². The molecule has 0 saturated heterocycles. The maximum absolute atomic E-state index is 13.9. The molecule has 120 valence electrons. The number of amides is 2. The molecule has 2 aromatic carbocycles. The number of halogens is 1. The molecule has 5 nitrogen and oxygen atoms in total. The molecule has 0 aromatic heterocycles. The number of carbonyl (C=O) groups is 2. The molecule has 23 heavy (non-hydrogen) atoms. The van der Waals surface area contributed by atoms with E-state index in [0.29, 0.717) is 11.3 Å².